The van der Waals surface area contributed by atoms with E-state index in [0.29, 0.717) is 12.2 Å². The molecule has 23 heavy (non-hydrogen) atoms. The predicted molar refractivity (Wildman–Crippen MR) is 89.5 cm³/mol. The Morgan fingerprint density at radius 1 is 1.26 bits per heavy atom. The number of hydrogen-bond donors (Lipinski definition) is 3. The van der Waals surface area contributed by atoms with Gasteiger partial charge in [0.25, 0.3) is 5.91 Å². The highest BCUT2D eigenvalue weighted by atomic mass is 16.1. The van der Waals surface area contributed by atoms with Crippen molar-refractivity contribution in [2.75, 3.05) is 52.4 Å². The van der Waals surface area contributed by atoms with Gasteiger partial charge in [0.1, 0.15) is 0 Å². The molecule has 0 atom stereocenters. The van der Waals surface area contributed by atoms with Crippen molar-refractivity contribution in [3.05, 3.63) is 17.0 Å². The Bertz CT molecular complexity index is 521. The Balaban J connectivity index is 1.38. The fraction of sp³-hybridized carbons (Fsp3) is 0.750. The highest BCUT2D eigenvalue weighted by Gasteiger charge is 2.21. The number of carbonyl (C=O) groups is 1. The van der Waals surface area contributed by atoms with Gasteiger partial charge in [0, 0.05) is 63.5 Å². The molecule has 3 heterocycles. The first-order valence-corrected chi connectivity index (χ1v) is 8.77. The molecule has 3 N–H and O–H groups in total. The van der Waals surface area contributed by atoms with Crippen LogP contribution in [0.3, 0.4) is 0 Å². The summed E-state index contributed by atoms with van der Waals surface area (Å²) in [4.78, 5) is 17.2. The van der Waals surface area contributed by atoms with E-state index in [1.807, 2.05) is 0 Å². The normalized spacial score (nSPS) is 19.5. The quantitative estimate of drug-likeness (QED) is 0.634. The van der Waals surface area contributed by atoms with Crippen molar-refractivity contribution < 1.29 is 4.79 Å². The van der Waals surface area contributed by atoms with E-state index in [0.717, 1.165) is 76.5 Å². The highest BCUT2D eigenvalue weighted by Crippen LogP contribution is 2.14. The lowest BCUT2D eigenvalue weighted by molar-refractivity contribution is 0.0942. The van der Waals surface area contributed by atoms with Gasteiger partial charge in [-0.3, -0.25) is 9.89 Å². The van der Waals surface area contributed by atoms with E-state index in [4.69, 9.17) is 0 Å². The van der Waals surface area contributed by atoms with Crippen LogP contribution >= 0.6 is 0 Å². The molecule has 0 saturated carbocycles. The molecule has 0 aromatic carbocycles. The van der Waals surface area contributed by atoms with Gasteiger partial charge in [-0.05, 0) is 19.5 Å². The summed E-state index contributed by atoms with van der Waals surface area (Å²) < 4.78 is 0. The minimum absolute atomic E-state index is 0.0537. The summed E-state index contributed by atoms with van der Waals surface area (Å²) in [6.07, 6.45) is 1.90. The molecule has 1 saturated heterocycles. The van der Waals surface area contributed by atoms with Gasteiger partial charge in [0.05, 0.1) is 0 Å². The number of rotatable bonds is 6. The third-order valence-corrected chi connectivity index (χ3v) is 4.87. The minimum Gasteiger partial charge on any atom is -0.351 e. The maximum Gasteiger partial charge on any atom is 0.272 e. The third-order valence-electron chi connectivity index (χ3n) is 4.87. The zero-order chi connectivity index (χ0) is 16.1. The second-order valence-corrected chi connectivity index (χ2v) is 6.34. The zero-order valence-corrected chi connectivity index (χ0v) is 14.0. The molecular formula is C16H28N6O. The van der Waals surface area contributed by atoms with E-state index in [2.05, 4.69) is 37.6 Å². The van der Waals surface area contributed by atoms with E-state index >= 15 is 0 Å². The summed E-state index contributed by atoms with van der Waals surface area (Å²) in [7, 11) is 0. The second kappa shape index (κ2) is 7.90. The van der Waals surface area contributed by atoms with Crippen LogP contribution in [0, 0.1) is 0 Å². The Hall–Kier alpha value is -1.44. The lowest BCUT2D eigenvalue weighted by atomic mass is 10.1. The van der Waals surface area contributed by atoms with Crippen LogP contribution in [0.2, 0.25) is 0 Å². The van der Waals surface area contributed by atoms with Gasteiger partial charge >= 0.3 is 0 Å². The molecule has 7 nitrogen and oxygen atoms in total. The largest absolute Gasteiger partial charge is 0.351 e. The van der Waals surface area contributed by atoms with Crippen LogP contribution in [-0.4, -0.2) is 78.3 Å². The number of H-pyrrole nitrogens is 1. The first kappa shape index (κ1) is 16.4. The molecule has 2 aliphatic heterocycles. The number of likely N-dealkylation sites (N-methyl/N-ethyl adjacent to an activating group) is 1. The Labute approximate surface area is 137 Å². The first-order chi connectivity index (χ1) is 11.3. The summed E-state index contributed by atoms with van der Waals surface area (Å²) >= 11 is 0. The molecule has 7 heteroatoms. The number of aromatic nitrogens is 2. The molecule has 0 spiro atoms. The van der Waals surface area contributed by atoms with Crippen molar-refractivity contribution in [2.45, 2.75) is 26.3 Å². The van der Waals surface area contributed by atoms with Crippen molar-refractivity contribution in [1.29, 1.82) is 0 Å². The number of carbonyl (C=O) groups excluding carboxylic acids is 1. The standard InChI is InChI=1S/C16H28N6O/c1-2-21-8-10-22(11-9-21)7-3-5-18-16(23)15-13-12-17-6-4-14(13)19-20-15/h17H,2-12H2,1H3,(H,18,23)(H,19,20). The Morgan fingerprint density at radius 3 is 2.83 bits per heavy atom. The number of nitrogens with zero attached hydrogens (tertiary/aromatic N) is 3. The summed E-state index contributed by atoms with van der Waals surface area (Å²) in [6, 6.07) is 0. The lowest BCUT2D eigenvalue weighted by Crippen LogP contribution is -2.46. The molecule has 1 fully saturated rings. The van der Waals surface area contributed by atoms with Gasteiger partial charge in [-0.15, -0.1) is 0 Å². The van der Waals surface area contributed by atoms with E-state index in [1.54, 1.807) is 0 Å². The molecule has 128 valence electrons. The number of hydrogen-bond acceptors (Lipinski definition) is 5. The third kappa shape index (κ3) is 4.10. The smallest absolute Gasteiger partial charge is 0.272 e. The monoisotopic (exact) mass is 320 g/mol. The highest BCUT2D eigenvalue weighted by molar-refractivity contribution is 5.94. The topological polar surface area (TPSA) is 76.3 Å². The van der Waals surface area contributed by atoms with Crippen molar-refractivity contribution in [3.63, 3.8) is 0 Å². The zero-order valence-electron chi connectivity index (χ0n) is 14.0. The van der Waals surface area contributed by atoms with Crippen LogP contribution < -0.4 is 10.6 Å². The first-order valence-electron chi connectivity index (χ1n) is 8.77. The van der Waals surface area contributed by atoms with E-state index in [1.165, 1.54) is 0 Å². The van der Waals surface area contributed by atoms with Crippen LogP contribution in [0.5, 0.6) is 0 Å². The average Bonchev–Trinajstić information content (AvgIpc) is 3.03. The molecule has 1 aromatic rings. The lowest BCUT2D eigenvalue weighted by Gasteiger charge is -2.33. The van der Waals surface area contributed by atoms with Crippen LogP contribution in [0.25, 0.3) is 0 Å². The summed E-state index contributed by atoms with van der Waals surface area (Å²) in [5, 5.41) is 13.5. The number of fused-ring (bicyclic) bond motifs is 1. The van der Waals surface area contributed by atoms with Gasteiger partial charge in [0.2, 0.25) is 0 Å². The summed E-state index contributed by atoms with van der Waals surface area (Å²) in [5.41, 5.74) is 2.69. The van der Waals surface area contributed by atoms with E-state index < -0.39 is 0 Å². The van der Waals surface area contributed by atoms with Gasteiger partial charge in [-0.2, -0.15) is 5.10 Å². The van der Waals surface area contributed by atoms with Gasteiger partial charge in [-0.25, -0.2) is 0 Å². The molecule has 0 bridgehead atoms. The van der Waals surface area contributed by atoms with E-state index in [-0.39, 0.29) is 5.91 Å². The predicted octanol–water partition coefficient (Wildman–Crippen LogP) is -0.187. The summed E-state index contributed by atoms with van der Waals surface area (Å²) in [5.74, 6) is -0.0537. The van der Waals surface area contributed by atoms with E-state index in [9.17, 15) is 4.79 Å². The molecular weight excluding hydrogens is 292 g/mol. The minimum atomic E-state index is -0.0537. The Morgan fingerprint density at radius 2 is 2.04 bits per heavy atom. The number of piperazine rings is 1. The van der Waals surface area contributed by atoms with Crippen molar-refractivity contribution in [2.24, 2.45) is 0 Å². The van der Waals surface area contributed by atoms with Gasteiger partial charge < -0.3 is 20.4 Å². The van der Waals surface area contributed by atoms with Crippen LogP contribution in [0.15, 0.2) is 0 Å². The number of amides is 1. The van der Waals surface area contributed by atoms with Crippen LogP contribution in [-0.2, 0) is 13.0 Å². The van der Waals surface area contributed by atoms with Crippen molar-refractivity contribution in [3.8, 4) is 0 Å². The number of nitrogens with one attached hydrogen (secondary N) is 3. The molecule has 0 radical (unpaired) electrons. The van der Waals surface area contributed by atoms with Gasteiger partial charge in [-0.1, -0.05) is 6.92 Å². The maximum absolute atomic E-state index is 12.3. The molecule has 1 aromatic heterocycles. The van der Waals surface area contributed by atoms with Crippen LogP contribution in [0.4, 0.5) is 0 Å². The molecule has 3 rings (SSSR count). The molecule has 0 unspecified atom stereocenters. The Kier molecular flexibility index (Phi) is 5.64. The molecule has 2 aliphatic rings. The van der Waals surface area contributed by atoms with Gasteiger partial charge in [0.15, 0.2) is 5.69 Å². The molecule has 0 aliphatic carbocycles. The summed E-state index contributed by atoms with van der Waals surface area (Å²) in [6.45, 7) is 11.4. The molecule has 1 amide bonds. The fourth-order valence-electron chi connectivity index (χ4n) is 3.33. The second-order valence-electron chi connectivity index (χ2n) is 6.34. The average molecular weight is 320 g/mol. The fourth-order valence-corrected chi connectivity index (χ4v) is 3.33. The van der Waals surface area contributed by atoms with Crippen molar-refractivity contribution in [1.82, 2.24) is 30.6 Å². The number of aromatic amines is 1. The van der Waals surface area contributed by atoms with Crippen molar-refractivity contribution >= 4 is 5.91 Å². The SMILES string of the molecule is CCN1CCN(CCCNC(=O)c2n[nH]c3c2CNCC3)CC1. The van der Waals surface area contributed by atoms with Crippen LogP contribution in [0.1, 0.15) is 35.1 Å². The maximum atomic E-state index is 12.3.